The monoisotopic (exact) mass is 433 g/mol. The normalized spacial score (nSPS) is 16.1. The third-order valence-electron chi connectivity index (χ3n) is 5.21. The summed E-state index contributed by atoms with van der Waals surface area (Å²) in [7, 11) is -3.93. The molecule has 0 spiro atoms. The number of hydrogen-bond donors (Lipinski definition) is 1. The number of sulfone groups is 1. The van der Waals surface area contributed by atoms with Crippen LogP contribution >= 0.6 is 0 Å². The topological polar surface area (TPSA) is 105 Å². The lowest BCUT2D eigenvalue weighted by atomic mass is 9.98. The molecule has 8 heteroatoms. The van der Waals surface area contributed by atoms with Crippen LogP contribution < -0.4 is 10.5 Å². The van der Waals surface area contributed by atoms with Gasteiger partial charge in [-0.05, 0) is 42.7 Å². The number of hydrogen-bond acceptors (Lipinski definition) is 6. The van der Waals surface area contributed by atoms with Gasteiger partial charge in [-0.2, -0.15) is 0 Å². The van der Waals surface area contributed by atoms with Crippen molar-refractivity contribution in [1.82, 2.24) is 0 Å². The summed E-state index contributed by atoms with van der Waals surface area (Å²) >= 11 is 0. The van der Waals surface area contributed by atoms with E-state index in [0.29, 0.717) is 32.0 Å². The largest absolute Gasteiger partial charge is 0.494 e. The second kappa shape index (κ2) is 10.1. The molecule has 1 aliphatic heterocycles. The van der Waals surface area contributed by atoms with Crippen LogP contribution in [-0.2, 0) is 30.7 Å². The van der Waals surface area contributed by atoms with Gasteiger partial charge < -0.3 is 19.9 Å². The summed E-state index contributed by atoms with van der Waals surface area (Å²) in [5.41, 5.74) is 6.61. The molecule has 2 aromatic rings. The quantitative estimate of drug-likeness (QED) is 0.577. The first-order valence-electron chi connectivity index (χ1n) is 9.92. The number of carbonyl (C=O) groups excluding carboxylic acids is 1. The van der Waals surface area contributed by atoms with Crippen molar-refractivity contribution >= 4 is 15.7 Å². The Morgan fingerprint density at radius 2 is 1.67 bits per heavy atom. The fraction of sp³-hybridized carbons (Fsp3) is 0.409. The van der Waals surface area contributed by atoms with Crippen molar-refractivity contribution in [2.24, 2.45) is 5.73 Å². The minimum atomic E-state index is -3.93. The fourth-order valence-corrected chi connectivity index (χ4v) is 5.32. The van der Waals surface area contributed by atoms with E-state index in [-0.39, 0.29) is 31.0 Å². The number of benzene rings is 2. The van der Waals surface area contributed by atoms with Gasteiger partial charge in [0, 0.05) is 19.6 Å². The molecule has 1 fully saturated rings. The molecule has 7 nitrogen and oxygen atoms in total. The van der Waals surface area contributed by atoms with Crippen molar-refractivity contribution in [2.45, 2.75) is 35.5 Å². The molecule has 0 aromatic heterocycles. The van der Waals surface area contributed by atoms with Gasteiger partial charge in [0.05, 0.1) is 24.7 Å². The zero-order chi connectivity index (χ0) is 21.5. The van der Waals surface area contributed by atoms with Crippen LogP contribution in [0.2, 0.25) is 0 Å². The molecule has 2 aromatic carbocycles. The van der Waals surface area contributed by atoms with Crippen LogP contribution in [0.15, 0.2) is 59.5 Å². The average Bonchev–Trinajstić information content (AvgIpc) is 2.77. The maximum absolute atomic E-state index is 13.1. The molecule has 1 amide bonds. The minimum absolute atomic E-state index is 0.0572. The van der Waals surface area contributed by atoms with Crippen LogP contribution in [0, 0.1) is 0 Å². The molecule has 1 heterocycles. The fourth-order valence-electron chi connectivity index (χ4n) is 3.40. The van der Waals surface area contributed by atoms with E-state index in [4.69, 9.17) is 19.9 Å². The van der Waals surface area contributed by atoms with Crippen LogP contribution in [0.1, 0.15) is 24.8 Å². The number of ether oxygens (including phenoxy) is 3. The standard InChI is InChI=1S/C22H27NO6S/c23-21(24)22(11-15-27-16-12-22)30(25,26)20-9-7-19(8-10-20)29-14-4-13-28-17-18-5-2-1-3-6-18/h1-3,5-10H,4,11-17H2,(H2,23,24). The summed E-state index contributed by atoms with van der Waals surface area (Å²) in [5.74, 6) is -0.279. The van der Waals surface area contributed by atoms with E-state index in [1.807, 2.05) is 30.3 Å². The summed E-state index contributed by atoms with van der Waals surface area (Å²) in [6.45, 7) is 1.94. The van der Waals surface area contributed by atoms with Gasteiger partial charge in [-0.25, -0.2) is 8.42 Å². The predicted molar refractivity (Wildman–Crippen MR) is 112 cm³/mol. The Morgan fingerprint density at radius 3 is 2.30 bits per heavy atom. The highest BCUT2D eigenvalue weighted by atomic mass is 32.2. The van der Waals surface area contributed by atoms with E-state index in [0.717, 1.165) is 5.56 Å². The van der Waals surface area contributed by atoms with E-state index in [2.05, 4.69) is 0 Å². The zero-order valence-corrected chi connectivity index (χ0v) is 17.6. The molecule has 0 bridgehead atoms. The second-order valence-corrected chi connectivity index (χ2v) is 9.45. The van der Waals surface area contributed by atoms with E-state index in [1.165, 1.54) is 12.1 Å². The van der Waals surface area contributed by atoms with Gasteiger partial charge in [-0.15, -0.1) is 0 Å². The number of nitrogens with two attached hydrogens (primary N) is 1. The van der Waals surface area contributed by atoms with Crippen molar-refractivity contribution in [1.29, 1.82) is 0 Å². The lowest BCUT2D eigenvalue weighted by Crippen LogP contribution is -2.53. The smallest absolute Gasteiger partial charge is 0.239 e. The molecule has 1 aliphatic rings. The molecular formula is C22H27NO6S. The summed E-state index contributed by atoms with van der Waals surface area (Å²) in [6, 6.07) is 16.0. The Kier molecular flexibility index (Phi) is 7.47. The second-order valence-electron chi connectivity index (χ2n) is 7.19. The summed E-state index contributed by atoms with van der Waals surface area (Å²) < 4.78 is 41.1. The van der Waals surface area contributed by atoms with Crippen LogP contribution in [0.4, 0.5) is 0 Å². The molecule has 0 atom stereocenters. The van der Waals surface area contributed by atoms with Crippen LogP contribution in [0.25, 0.3) is 0 Å². The highest BCUT2D eigenvalue weighted by molar-refractivity contribution is 7.93. The molecular weight excluding hydrogens is 406 g/mol. The Bertz CT molecular complexity index is 922. The van der Waals surface area contributed by atoms with Gasteiger partial charge in [-0.1, -0.05) is 30.3 Å². The maximum atomic E-state index is 13.1. The summed E-state index contributed by atoms with van der Waals surface area (Å²) in [4.78, 5) is 12.1. The van der Waals surface area contributed by atoms with Gasteiger partial charge in [0.2, 0.25) is 5.91 Å². The Balaban J connectivity index is 1.51. The van der Waals surface area contributed by atoms with E-state index in [1.54, 1.807) is 12.1 Å². The highest BCUT2D eigenvalue weighted by Crippen LogP contribution is 2.35. The van der Waals surface area contributed by atoms with E-state index in [9.17, 15) is 13.2 Å². The minimum Gasteiger partial charge on any atom is -0.494 e. The summed E-state index contributed by atoms with van der Waals surface area (Å²) in [6.07, 6.45) is 0.829. The number of rotatable bonds is 10. The first-order chi connectivity index (χ1) is 14.5. The Morgan fingerprint density at radius 1 is 1.00 bits per heavy atom. The molecule has 3 rings (SSSR count). The lowest BCUT2D eigenvalue weighted by Gasteiger charge is -2.33. The van der Waals surface area contributed by atoms with Crippen LogP contribution in [0.5, 0.6) is 5.75 Å². The van der Waals surface area contributed by atoms with Crippen LogP contribution in [0.3, 0.4) is 0 Å². The zero-order valence-electron chi connectivity index (χ0n) is 16.8. The van der Waals surface area contributed by atoms with Gasteiger partial charge in [0.15, 0.2) is 14.6 Å². The highest BCUT2D eigenvalue weighted by Gasteiger charge is 2.51. The summed E-state index contributed by atoms with van der Waals surface area (Å²) in [5, 5.41) is 0. The van der Waals surface area contributed by atoms with Crippen molar-refractivity contribution in [3.63, 3.8) is 0 Å². The third kappa shape index (κ3) is 5.00. The van der Waals surface area contributed by atoms with E-state index < -0.39 is 20.5 Å². The van der Waals surface area contributed by atoms with Gasteiger partial charge in [0.25, 0.3) is 0 Å². The molecule has 2 N–H and O–H groups in total. The van der Waals surface area contributed by atoms with Crippen molar-refractivity contribution in [2.75, 3.05) is 26.4 Å². The Hall–Kier alpha value is -2.42. The van der Waals surface area contributed by atoms with Crippen molar-refractivity contribution in [3.8, 4) is 5.75 Å². The molecule has 0 saturated carbocycles. The van der Waals surface area contributed by atoms with Gasteiger partial charge in [0.1, 0.15) is 5.75 Å². The third-order valence-corrected chi connectivity index (χ3v) is 7.74. The van der Waals surface area contributed by atoms with Crippen molar-refractivity contribution in [3.05, 3.63) is 60.2 Å². The lowest BCUT2D eigenvalue weighted by molar-refractivity contribution is -0.122. The first kappa shape index (κ1) is 22.3. The maximum Gasteiger partial charge on any atom is 0.239 e. The molecule has 0 unspecified atom stereocenters. The van der Waals surface area contributed by atoms with Crippen LogP contribution in [-0.4, -0.2) is 45.5 Å². The number of carbonyl (C=O) groups is 1. The molecule has 162 valence electrons. The number of primary amides is 1. The average molecular weight is 434 g/mol. The van der Waals surface area contributed by atoms with Gasteiger partial charge >= 0.3 is 0 Å². The van der Waals surface area contributed by atoms with E-state index >= 15 is 0 Å². The first-order valence-corrected chi connectivity index (χ1v) is 11.4. The molecule has 0 aliphatic carbocycles. The SMILES string of the molecule is NC(=O)C1(S(=O)(=O)c2ccc(OCCCOCc3ccccc3)cc2)CCOCC1. The predicted octanol–water partition coefficient (Wildman–Crippen LogP) is 2.48. The molecule has 0 radical (unpaired) electrons. The molecule has 1 saturated heterocycles. The number of amides is 1. The van der Waals surface area contributed by atoms with Crippen molar-refractivity contribution < 1.29 is 27.4 Å². The van der Waals surface area contributed by atoms with Gasteiger partial charge in [-0.3, -0.25) is 4.79 Å². The Labute approximate surface area is 177 Å². The molecule has 30 heavy (non-hydrogen) atoms.